The van der Waals surface area contributed by atoms with Gasteiger partial charge in [0.1, 0.15) is 17.6 Å². The van der Waals surface area contributed by atoms with Crippen molar-refractivity contribution in [3.63, 3.8) is 0 Å². The quantitative estimate of drug-likeness (QED) is 0.569. The van der Waals surface area contributed by atoms with Gasteiger partial charge in [0.05, 0.1) is 12.2 Å². The van der Waals surface area contributed by atoms with Crippen molar-refractivity contribution in [1.82, 2.24) is 4.90 Å². The van der Waals surface area contributed by atoms with Gasteiger partial charge in [-0.25, -0.2) is 0 Å². The molecule has 6 nitrogen and oxygen atoms in total. The number of hydrogen-bond acceptors (Lipinski definition) is 6. The first-order chi connectivity index (χ1) is 16.1. The number of aliphatic hydroxyl groups is 1. The van der Waals surface area contributed by atoms with E-state index in [1.807, 2.05) is 100 Å². The fraction of sp³-hybridized carbons (Fsp3) is 0.500. The Bertz CT molecular complexity index is 938. The second-order valence-electron chi connectivity index (χ2n) is 10.2. The van der Waals surface area contributed by atoms with E-state index in [2.05, 4.69) is 0 Å². The van der Waals surface area contributed by atoms with Crippen molar-refractivity contribution in [3.05, 3.63) is 71.8 Å². The van der Waals surface area contributed by atoms with Crippen LogP contribution in [-0.2, 0) is 25.6 Å². The number of ether oxygens (including phenoxy) is 2. The maximum atomic E-state index is 13.5. The third-order valence-corrected chi connectivity index (χ3v) is 5.97. The van der Waals surface area contributed by atoms with Gasteiger partial charge >= 0.3 is 11.9 Å². The molecule has 0 bridgehead atoms. The normalized spacial score (nSPS) is 20.7. The van der Waals surface area contributed by atoms with E-state index in [4.69, 9.17) is 9.47 Å². The molecule has 1 aliphatic rings. The molecule has 184 valence electrons. The number of carbonyl (C=O) groups excluding carboxylic acids is 2. The first kappa shape index (κ1) is 25.9. The highest BCUT2D eigenvalue weighted by Crippen LogP contribution is 2.38. The summed E-state index contributed by atoms with van der Waals surface area (Å²) in [4.78, 5) is 28.5. The zero-order valence-corrected chi connectivity index (χ0v) is 20.8. The lowest BCUT2D eigenvalue weighted by atomic mass is 9.87. The molecule has 34 heavy (non-hydrogen) atoms. The highest BCUT2D eigenvalue weighted by Gasteiger charge is 2.48. The van der Waals surface area contributed by atoms with Crippen LogP contribution in [0.1, 0.15) is 64.7 Å². The molecule has 6 heteroatoms. The van der Waals surface area contributed by atoms with Crippen molar-refractivity contribution in [1.29, 1.82) is 0 Å². The number of hydrogen-bond donors (Lipinski definition) is 1. The van der Waals surface area contributed by atoms with E-state index >= 15 is 0 Å². The minimum absolute atomic E-state index is 0.235. The fourth-order valence-corrected chi connectivity index (χ4v) is 4.59. The Morgan fingerprint density at radius 2 is 1.59 bits per heavy atom. The average molecular weight is 468 g/mol. The zero-order chi connectivity index (χ0) is 24.9. The van der Waals surface area contributed by atoms with Crippen LogP contribution in [0.3, 0.4) is 0 Å². The predicted molar refractivity (Wildman–Crippen MR) is 131 cm³/mol. The summed E-state index contributed by atoms with van der Waals surface area (Å²) in [7, 11) is 0. The van der Waals surface area contributed by atoms with Crippen LogP contribution in [0.15, 0.2) is 60.7 Å². The Hall–Kier alpha value is -2.70. The van der Waals surface area contributed by atoms with E-state index in [1.165, 1.54) is 0 Å². The number of carbonyl (C=O) groups is 2. The molecule has 4 atom stereocenters. The lowest BCUT2D eigenvalue weighted by Crippen LogP contribution is -2.49. The first-order valence-electron chi connectivity index (χ1n) is 12.0. The van der Waals surface area contributed by atoms with Crippen LogP contribution in [0.5, 0.6) is 0 Å². The van der Waals surface area contributed by atoms with Crippen LogP contribution in [0, 0.1) is 5.92 Å². The largest absolute Gasteiger partial charge is 0.462 e. The summed E-state index contributed by atoms with van der Waals surface area (Å²) in [6, 6.07) is 18.1. The van der Waals surface area contributed by atoms with Gasteiger partial charge < -0.3 is 14.6 Å². The standard InChI is InChI=1S/C28H37NO5/c1-19(2)33-26(31)23-17-16-22(29(23)18-20-12-8-6-9-13-20)24(27(32)34-28(3,4)5)25(30)21-14-10-7-11-15-21/h6-15,19,22-25,30H,16-18H2,1-5H3/t22-,23+,24+,25?/m1/s1. The molecule has 3 rings (SSSR count). The van der Waals surface area contributed by atoms with Gasteiger partial charge in [-0.3, -0.25) is 14.5 Å². The Morgan fingerprint density at radius 1 is 1.00 bits per heavy atom. The highest BCUT2D eigenvalue weighted by molar-refractivity contribution is 5.78. The summed E-state index contributed by atoms with van der Waals surface area (Å²) in [5, 5.41) is 11.4. The molecule has 0 spiro atoms. The summed E-state index contributed by atoms with van der Waals surface area (Å²) in [6.07, 6.45) is -0.191. The van der Waals surface area contributed by atoms with E-state index in [0.29, 0.717) is 24.9 Å². The SMILES string of the molecule is CC(C)OC(=O)[C@@H]1CC[C@H]([C@H](C(=O)OC(C)(C)C)C(O)c2ccccc2)N1Cc1ccccc1. The topological polar surface area (TPSA) is 76.1 Å². The highest BCUT2D eigenvalue weighted by atomic mass is 16.6. The number of nitrogens with zero attached hydrogens (tertiary/aromatic N) is 1. The Labute approximate surface area is 202 Å². The lowest BCUT2D eigenvalue weighted by Gasteiger charge is -2.36. The third-order valence-electron chi connectivity index (χ3n) is 5.97. The Morgan fingerprint density at radius 3 is 2.15 bits per heavy atom. The van der Waals surface area contributed by atoms with Gasteiger partial charge in [-0.05, 0) is 58.6 Å². The van der Waals surface area contributed by atoms with Crippen molar-refractivity contribution < 1.29 is 24.2 Å². The van der Waals surface area contributed by atoms with E-state index in [1.54, 1.807) is 0 Å². The van der Waals surface area contributed by atoms with Gasteiger partial charge in [-0.15, -0.1) is 0 Å². The van der Waals surface area contributed by atoms with Crippen molar-refractivity contribution in [2.75, 3.05) is 0 Å². The van der Waals surface area contributed by atoms with E-state index < -0.39 is 35.7 Å². The van der Waals surface area contributed by atoms with Gasteiger partial charge in [0, 0.05) is 12.6 Å². The van der Waals surface area contributed by atoms with Crippen molar-refractivity contribution in [2.24, 2.45) is 5.92 Å². The second-order valence-corrected chi connectivity index (χ2v) is 10.2. The van der Waals surface area contributed by atoms with Gasteiger partial charge in [-0.1, -0.05) is 60.7 Å². The molecule has 0 radical (unpaired) electrons. The Kier molecular flexibility index (Phi) is 8.50. The van der Waals surface area contributed by atoms with Gasteiger partial charge in [0.2, 0.25) is 0 Å². The number of likely N-dealkylation sites (tertiary alicyclic amines) is 1. The molecule has 0 aliphatic carbocycles. The number of rotatable bonds is 8. The smallest absolute Gasteiger partial charge is 0.323 e. The van der Waals surface area contributed by atoms with E-state index in [0.717, 1.165) is 5.56 Å². The van der Waals surface area contributed by atoms with E-state index in [-0.39, 0.29) is 12.1 Å². The van der Waals surface area contributed by atoms with E-state index in [9.17, 15) is 14.7 Å². The molecule has 1 N–H and O–H groups in total. The lowest BCUT2D eigenvalue weighted by molar-refractivity contribution is -0.169. The van der Waals surface area contributed by atoms with Crippen molar-refractivity contribution >= 4 is 11.9 Å². The zero-order valence-electron chi connectivity index (χ0n) is 20.8. The minimum Gasteiger partial charge on any atom is -0.462 e. The molecule has 1 aliphatic heterocycles. The molecule has 1 fully saturated rings. The molecule has 0 saturated carbocycles. The Balaban J connectivity index is 1.99. The molecule has 1 saturated heterocycles. The molecular formula is C28H37NO5. The minimum atomic E-state index is -1.07. The number of benzene rings is 2. The van der Waals surface area contributed by atoms with Crippen LogP contribution >= 0.6 is 0 Å². The van der Waals surface area contributed by atoms with Crippen molar-refractivity contribution in [3.8, 4) is 0 Å². The maximum Gasteiger partial charge on any atom is 0.323 e. The predicted octanol–water partition coefficient (Wildman–Crippen LogP) is 4.66. The summed E-state index contributed by atoms with van der Waals surface area (Å²) in [6.45, 7) is 9.56. The molecule has 0 amide bonds. The molecule has 2 aromatic rings. The van der Waals surface area contributed by atoms with Crippen LogP contribution in [-0.4, -0.2) is 45.7 Å². The molecule has 1 unspecified atom stereocenters. The van der Waals surface area contributed by atoms with Gasteiger partial charge in [0.15, 0.2) is 0 Å². The monoisotopic (exact) mass is 467 g/mol. The number of aliphatic hydroxyl groups excluding tert-OH is 1. The summed E-state index contributed by atoms with van der Waals surface area (Å²) in [5.74, 6) is -1.63. The summed E-state index contributed by atoms with van der Waals surface area (Å²) in [5.41, 5.74) is 0.963. The van der Waals surface area contributed by atoms with Crippen LogP contribution in [0.25, 0.3) is 0 Å². The molecular weight excluding hydrogens is 430 g/mol. The third kappa shape index (κ3) is 6.67. The second kappa shape index (κ2) is 11.2. The summed E-state index contributed by atoms with van der Waals surface area (Å²) >= 11 is 0. The van der Waals surface area contributed by atoms with Crippen molar-refractivity contribution in [2.45, 2.75) is 83.9 Å². The maximum absolute atomic E-state index is 13.5. The van der Waals surface area contributed by atoms with Crippen LogP contribution in [0.2, 0.25) is 0 Å². The number of esters is 2. The summed E-state index contributed by atoms with van der Waals surface area (Å²) < 4.78 is 11.3. The first-order valence-corrected chi connectivity index (χ1v) is 12.0. The fourth-order valence-electron chi connectivity index (χ4n) is 4.59. The van der Waals surface area contributed by atoms with Crippen LogP contribution in [0.4, 0.5) is 0 Å². The van der Waals surface area contributed by atoms with Gasteiger partial charge in [0.25, 0.3) is 0 Å². The van der Waals surface area contributed by atoms with Crippen LogP contribution < -0.4 is 0 Å². The van der Waals surface area contributed by atoms with Gasteiger partial charge in [-0.2, -0.15) is 0 Å². The molecule has 2 aromatic carbocycles. The molecule has 1 heterocycles. The molecule has 0 aromatic heterocycles. The average Bonchev–Trinajstić information content (AvgIpc) is 3.16.